The Morgan fingerprint density at radius 1 is 0.500 bits per heavy atom. The van der Waals surface area contributed by atoms with Crippen LogP contribution >= 0.6 is 0 Å². The Balaban J connectivity index is 0. The molecule has 0 saturated heterocycles. The maximum atomic E-state index is 11.4. The number of halogens is 12. The minimum absolute atomic E-state index is 2.20. The van der Waals surface area contributed by atoms with Crippen LogP contribution in [0.15, 0.2) is 23.8 Å². The van der Waals surface area contributed by atoms with E-state index >= 15 is 0 Å². The first-order valence-corrected chi connectivity index (χ1v) is 4.18. The topological polar surface area (TPSA) is 0 Å². The van der Waals surface area contributed by atoms with Crippen molar-refractivity contribution in [2.24, 2.45) is 0 Å². The molecule has 0 saturated carbocycles. The van der Waals surface area contributed by atoms with Crippen LogP contribution < -0.4 is 0 Å². The molecule has 0 aliphatic carbocycles. The lowest BCUT2D eigenvalue weighted by Crippen LogP contribution is -2.06. The van der Waals surface area contributed by atoms with Gasteiger partial charge >= 0.3 is 24.5 Å². The summed E-state index contributed by atoms with van der Waals surface area (Å²) in [4.78, 5) is 0. The Morgan fingerprint density at radius 3 is 0.750 bits per heavy atom. The first-order chi connectivity index (χ1) is 8.65. The summed E-state index contributed by atoms with van der Waals surface area (Å²) in [5.41, 5.74) is 0. The summed E-state index contributed by atoms with van der Waals surface area (Å²) in [6, 6.07) is 0. The summed E-state index contributed by atoms with van der Waals surface area (Å²) in [5, 5.41) is 0. The van der Waals surface area contributed by atoms with Gasteiger partial charge in [0, 0.05) is 0 Å². The highest BCUT2D eigenvalue weighted by molar-refractivity contribution is 4.93. The van der Waals surface area contributed by atoms with E-state index in [9.17, 15) is 52.7 Å². The van der Waals surface area contributed by atoms with E-state index < -0.39 is 49.0 Å². The molecule has 0 N–H and O–H groups in total. The van der Waals surface area contributed by atoms with Crippen molar-refractivity contribution in [3.05, 3.63) is 23.8 Å². The van der Waals surface area contributed by atoms with Crippen LogP contribution in [-0.2, 0) is 0 Å². The number of hydrogen-bond donors (Lipinski definition) is 0. The minimum Gasteiger partial charge on any atom is -0.206 e. The van der Waals surface area contributed by atoms with Crippen molar-refractivity contribution in [3.63, 3.8) is 0 Å². The number of alkyl halides is 6. The molecule has 0 rings (SSSR count). The molecular formula is C8H4F12. The monoisotopic (exact) mass is 328 g/mol. The van der Waals surface area contributed by atoms with E-state index in [1.807, 2.05) is 0 Å². The zero-order chi connectivity index (χ0) is 16.7. The second-order valence-corrected chi connectivity index (χ2v) is 2.91. The van der Waals surface area contributed by atoms with Crippen LogP contribution in [0.5, 0.6) is 0 Å². The van der Waals surface area contributed by atoms with Crippen molar-refractivity contribution in [3.8, 4) is 0 Å². The van der Waals surface area contributed by atoms with Gasteiger partial charge in [0.2, 0.25) is 0 Å². The zero-order valence-electron chi connectivity index (χ0n) is 8.95. The molecule has 20 heavy (non-hydrogen) atoms. The van der Waals surface area contributed by atoms with E-state index in [1.165, 1.54) is 0 Å². The van der Waals surface area contributed by atoms with Crippen LogP contribution in [0.2, 0.25) is 0 Å². The Bertz CT molecular complexity index is 313. The van der Waals surface area contributed by atoms with E-state index in [0.717, 1.165) is 0 Å². The number of hydrogen-bond acceptors (Lipinski definition) is 0. The Labute approximate surface area is 103 Å². The minimum atomic E-state index is -4.91. The summed E-state index contributed by atoms with van der Waals surface area (Å²) in [6.45, 7) is 0. The highest BCUT2D eigenvalue weighted by Crippen LogP contribution is 2.28. The van der Waals surface area contributed by atoms with Crippen molar-refractivity contribution < 1.29 is 52.7 Å². The molecule has 0 aliphatic rings. The van der Waals surface area contributed by atoms with E-state index in [2.05, 4.69) is 0 Å². The van der Waals surface area contributed by atoms with E-state index in [0.29, 0.717) is 0 Å². The number of rotatable bonds is 2. The third-order valence-electron chi connectivity index (χ3n) is 1.12. The van der Waals surface area contributed by atoms with Crippen molar-refractivity contribution in [2.75, 3.05) is 0 Å². The fraction of sp³-hybridized carbons (Fsp3) is 0.500. The molecule has 0 nitrogen and oxygen atoms in total. The molecule has 0 amide bonds. The molecule has 0 spiro atoms. The maximum absolute atomic E-state index is 11.4. The number of allylic oxidation sites excluding steroid dienone is 2. The van der Waals surface area contributed by atoms with Crippen molar-refractivity contribution in [1.29, 1.82) is 0 Å². The van der Waals surface area contributed by atoms with Crippen LogP contribution in [0.3, 0.4) is 0 Å². The molecule has 0 aromatic rings. The third-order valence-corrected chi connectivity index (χ3v) is 1.12. The van der Waals surface area contributed by atoms with Crippen LogP contribution in [0, 0.1) is 0 Å². The average Bonchev–Trinajstić information content (AvgIpc) is 2.12. The highest BCUT2D eigenvalue weighted by atomic mass is 19.4. The van der Waals surface area contributed by atoms with Gasteiger partial charge in [0.1, 0.15) is 12.8 Å². The molecule has 0 fully saturated rings. The van der Waals surface area contributed by atoms with Gasteiger partial charge in [-0.1, -0.05) is 0 Å². The summed E-state index contributed by atoms with van der Waals surface area (Å²) < 4.78 is 133. The van der Waals surface area contributed by atoms with Gasteiger partial charge in [0.15, 0.2) is 11.7 Å². The van der Waals surface area contributed by atoms with Crippen LogP contribution in [0.25, 0.3) is 0 Å². The molecular weight excluding hydrogens is 324 g/mol. The molecule has 120 valence electrons. The predicted octanol–water partition coefficient (Wildman–Crippen LogP) is 6.03. The largest absolute Gasteiger partial charge is 0.395 e. The SMILES string of the molecule is FC(F)=C(F)CC(F)(F)F.FC(F)=C(F)CC(F)(F)F. The van der Waals surface area contributed by atoms with Crippen molar-refractivity contribution in [2.45, 2.75) is 25.2 Å². The van der Waals surface area contributed by atoms with E-state index in [4.69, 9.17) is 0 Å². The third kappa shape index (κ3) is 14.7. The Hall–Kier alpha value is -1.36. The lowest BCUT2D eigenvalue weighted by Gasteiger charge is -2.01. The molecule has 0 heterocycles. The summed E-state index contributed by atoms with van der Waals surface area (Å²) in [7, 11) is 0. The first kappa shape index (κ1) is 20.9. The van der Waals surface area contributed by atoms with E-state index in [-0.39, 0.29) is 0 Å². The molecule has 12 heteroatoms. The standard InChI is InChI=1S/2C4H2F6/c2*5-2(3(6)7)1-4(8,9)10/h2*1H2. The molecule has 0 aromatic carbocycles. The van der Waals surface area contributed by atoms with Gasteiger partial charge in [0.05, 0.1) is 0 Å². The van der Waals surface area contributed by atoms with Crippen LogP contribution in [0.4, 0.5) is 52.7 Å². The second kappa shape index (κ2) is 8.04. The van der Waals surface area contributed by atoms with Crippen LogP contribution in [0.1, 0.15) is 12.8 Å². The molecule has 0 atom stereocenters. The molecule has 0 unspecified atom stereocenters. The van der Waals surface area contributed by atoms with Gasteiger partial charge in [0.25, 0.3) is 0 Å². The van der Waals surface area contributed by atoms with Crippen molar-refractivity contribution in [1.82, 2.24) is 0 Å². The molecule has 0 aromatic heterocycles. The van der Waals surface area contributed by atoms with Crippen molar-refractivity contribution >= 4 is 0 Å². The van der Waals surface area contributed by atoms with Gasteiger partial charge in [-0.15, -0.1) is 0 Å². The fourth-order valence-corrected chi connectivity index (χ4v) is 0.486. The predicted molar refractivity (Wildman–Crippen MR) is 42.0 cm³/mol. The lowest BCUT2D eigenvalue weighted by molar-refractivity contribution is -0.131. The lowest BCUT2D eigenvalue weighted by atomic mass is 10.4. The van der Waals surface area contributed by atoms with Gasteiger partial charge in [-0.05, 0) is 0 Å². The van der Waals surface area contributed by atoms with Crippen LogP contribution in [-0.4, -0.2) is 12.4 Å². The first-order valence-electron chi connectivity index (χ1n) is 4.18. The quantitative estimate of drug-likeness (QED) is 0.543. The smallest absolute Gasteiger partial charge is 0.206 e. The Morgan fingerprint density at radius 2 is 0.700 bits per heavy atom. The van der Waals surface area contributed by atoms with Gasteiger partial charge in [-0.3, -0.25) is 0 Å². The van der Waals surface area contributed by atoms with E-state index in [1.54, 1.807) is 0 Å². The second-order valence-electron chi connectivity index (χ2n) is 2.91. The maximum Gasteiger partial charge on any atom is 0.395 e. The fourth-order valence-electron chi connectivity index (χ4n) is 0.486. The Kier molecular flexibility index (Phi) is 8.43. The summed E-state index contributed by atoms with van der Waals surface area (Å²) >= 11 is 0. The molecule has 0 radical (unpaired) electrons. The summed E-state index contributed by atoms with van der Waals surface area (Å²) in [6.07, 6.45) is -20.1. The average molecular weight is 328 g/mol. The van der Waals surface area contributed by atoms with Gasteiger partial charge in [-0.25, -0.2) is 8.78 Å². The van der Waals surface area contributed by atoms with Gasteiger partial charge in [-0.2, -0.15) is 43.9 Å². The summed E-state index contributed by atoms with van der Waals surface area (Å²) in [5.74, 6) is -4.85. The van der Waals surface area contributed by atoms with Gasteiger partial charge < -0.3 is 0 Å². The highest BCUT2D eigenvalue weighted by Gasteiger charge is 2.31. The zero-order valence-corrected chi connectivity index (χ0v) is 8.95. The molecule has 0 bridgehead atoms. The normalized spacial score (nSPS) is 11.4. The molecule has 0 aliphatic heterocycles.